The second kappa shape index (κ2) is 11.4. The lowest BCUT2D eigenvalue weighted by molar-refractivity contribution is -0.186. The summed E-state index contributed by atoms with van der Waals surface area (Å²) in [6, 6.07) is 9.15. The predicted octanol–water partition coefficient (Wildman–Crippen LogP) is 4.33. The monoisotopic (exact) mass is 520 g/mol. The molecule has 1 saturated heterocycles. The number of rotatable bonds is 8. The van der Waals surface area contributed by atoms with Gasteiger partial charge in [-0.2, -0.15) is 0 Å². The number of benzene rings is 1. The third kappa shape index (κ3) is 5.75. The van der Waals surface area contributed by atoms with E-state index in [1.54, 1.807) is 18.4 Å². The molecule has 1 saturated carbocycles. The summed E-state index contributed by atoms with van der Waals surface area (Å²) >= 11 is 0. The van der Waals surface area contributed by atoms with Crippen molar-refractivity contribution in [3.63, 3.8) is 0 Å². The minimum absolute atomic E-state index is 0.135. The fourth-order valence-electron chi connectivity index (χ4n) is 6.15. The number of nitrogens with zero attached hydrogens (tertiary/aromatic N) is 1. The smallest absolute Gasteiger partial charge is 0.308 e. The molecular weight excluding hydrogens is 484 g/mol. The molecule has 1 aliphatic carbocycles. The fourth-order valence-corrected chi connectivity index (χ4v) is 6.15. The summed E-state index contributed by atoms with van der Waals surface area (Å²) in [6.45, 7) is 10.6. The van der Waals surface area contributed by atoms with Gasteiger partial charge in [0.25, 0.3) is 0 Å². The van der Waals surface area contributed by atoms with E-state index in [1.165, 1.54) is 19.9 Å². The van der Waals surface area contributed by atoms with Crippen LogP contribution in [-0.2, 0) is 24.5 Å². The number of esters is 2. The van der Waals surface area contributed by atoms with Gasteiger partial charge < -0.3 is 19.2 Å². The molecule has 1 aliphatic heterocycles. The molecule has 0 spiro atoms. The van der Waals surface area contributed by atoms with E-state index in [1.807, 2.05) is 37.3 Å². The van der Waals surface area contributed by atoms with Crippen LogP contribution in [0.25, 0.3) is 6.08 Å². The van der Waals surface area contributed by atoms with E-state index in [9.17, 15) is 14.4 Å². The molecule has 2 aliphatic rings. The number of nitrogens with one attached hydrogen (secondary N) is 1. The van der Waals surface area contributed by atoms with Crippen LogP contribution in [0.2, 0.25) is 0 Å². The molecule has 2 heterocycles. The van der Waals surface area contributed by atoms with Crippen molar-refractivity contribution in [2.24, 2.45) is 0 Å². The summed E-state index contributed by atoms with van der Waals surface area (Å²) in [5.41, 5.74) is 0.387. The number of carbonyl (C=O) groups is 3. The van der Waals surface area contributed by atoms with E-state index in [4.69, 9.17) is 13.9 Å². The number of hydrogen-bond donors (Lipinski definition) is 1. The van der Waals surface area contributed by atoms with Crippen molar-refractivity contribution in [3.8, 4) is 5.75 Å². The molecule has 2 aromatic rings. The summed E-state index contributed by atoms with van der Waals surface area (Å²) in [7, 11) is 0. The summed E-state index contributed by atoms with van der Waals surface area (Å²) < 4.78 is 17.0. The Hall–Kier alpha value is -3.65. The zero-order valence-corrected chi connectivity index (χ0v) is 22.3. The fraction of sp³-hybridized carbons (Fsp3) is 0.433. The maximum atomic E-state index is 12.9. The maximum absolute atomic E-state index is 12.9. The van der Waals surface area contributed by atoms with Gasteiger partial charge in [0.15, 0.2) is 0 Å². The summed E-state index contributed by atoms with van der Waals surface area (Å²) in [4.78, 5) is 39.3. The highest BCUT2D eigenvalue weighted by Crippen LogP contribution is 2.54. The van der Waals surface area contributed by atoms with Crippen molar-refractivity contribution in [3.05, 3.63) is 72.2 Å². The molecule has 8 nitrogen and oxygen atoms in total. The molecule has 3 atom stereocenters. The van der Waals surface area contributed by atoms with Crippen LogP contribution in [0.3, 0.4) is 0 Å². The summed E-state index contributed by atoms with van der Waals surface area (Å²) in [5, 5.41) is 3.17. The molecule has 0 unspecified atom stereocenters. The van der Waals surface area contributed by atoms with Crippen LogP contribution in [0.4, 0.5) is 0 Å². The van der Waals surface area contributed by atoms with Gasteiger partial charge in [0.1, 0.15) is 17.1 Å². The Balaban J connectivity index is 1.68. The second-order valence-electron chi connectivity index (χ2n) is 10.3. The van der Waals surface area contributed by atoms with Crippen molar-refractivity contribution in [2.75, 3.05) is 19.6 Å². The Morgan fingerprint density at radius 3 is 2.71 bits per heavy atom. The Labute approximate surface area is 223 Å². The lowest BCUT2D eigenvalue weighted by atomic mass is 9.55. The van der Waals surface area contributed by atoms with Crippen molar-refractivity contribution < 1.29 is 28.3 Å². The highest BCUT2D eigenvalue weighted by Gasteiger charge is 2.60. The Kier molecular flexibility index (Phi) is 8.21. The average Bonchev–Trinajstić information content (AvgIpc) is 3.27. The third-order valence-corrected chi connectivity index (χ3v) is 7.73. The van der Waals surface area contributed by atoms with Gasteiger partial charge in [0.2, 0.25) is 5.91 Å². The van der Waals surface area contributed by atoms with Gasteiger partial charge in [0.05, 0.1) is 6.26 Å². The zero-order valence-electron chi connectivity index (χ0n) is 22.3. The van der Waals surface area contributed by atoms with E-state index < -0.39 is 17.0 Å². The first kappa shape index (κ1) is 27.4. The highest BCUT2D eigenvalue weighted by atomic mass is 16.6. The van der Waals surface area contributed by atoms with Crippen LogP contribution in [0.15, 0.2) is 59.7 Å². The third-order valence-electron chi connectivity index (χ3n) is 7.73. The number of piperidine rings is 1. The lowest BCUT2D eigenvalue weighted by Crippen LogP contribution is -2.68. The number of likely N-dealkylation sites (tertiary alicyclic amines) is 1. The molecule has 1 N–H and O–H groups in total. The summed E-state index contributed by atoms with van der Waals surface area (Å²) in [6.07, 6.45) is 9.23. The average molecular weight is 521 g/mol. The van der Waals surface area contributed by atoms with Crippen molar-refractivity contribution in [1.82, 2.24) is 10.2 Å². The van der Waals surface area contributed by atoms with Gasteiger partial charge in [0, 0.05) is 50.0 Å². The van der Waals surface area contributed by atoms with Crippen LogP contribution in [0.5, 0.6) is 5.75 Å². The molecule has 4 rings (SSSR count). The molecule has 0 bridgehead atoms. The standard InChI is InChI=1S/C30H36N2O6/c1-5-15-32-16-14-29(25-7-6-8-27(18-25)37-22(3)33)19-26(11-13-30(29,20-32)38-23(4)34)31-28(35)10-9-24-12-17-36-21(24)2/h5-10,12,17-18,26H,1,11,13-16,19-20H2,2-4H3,(H,31,35)/t26-,29+,30+/m1/s1. The normalized spacial score (nSPS) is 25.4. The largest absolute Gasteiger partial charge is 0.469 e. The van der Waals surface area contributed by atoms with Crippen LogP contribution < -0.4 is 10.1 Å². The number of furan rings is 1. The highest BCUT2D eigenvalue weighted by molar-refractivity contribution is 5.92. The number of aryl methyl sites for hydroxylation is 1. The van der Waals surface area contributed by atoms with Gasteiger partial charge >= 0.3 is 11.9 Å². The maximum Gasteiger partial charge on any atom is 0.308 e. The van der Waals surface area contributed by atoms with E-state index in [2.05, 4.69) is 16.8 Å². The van der Waals surface area contributed by atoms with Gasteiger partial charge in [-0.25, -0.2) is 0 Å². The predicted molar refractivity (Wildman–Crippen MR) is 143 cm³/mol. The van der Waals surface area contributed by atoms with Crippen LogP contribution >= 0.6 is 0 Å². The van der Waals surface area contributed by atoms with E-state index in [0.29, 0.717) is 44.5 Å². The van der Waals surface area contributed by atoms with Gasteiger partial charge in [-0.1, -0.05) is 18.2 Å². The van der Waals surface area contributed by atoms with E-state index in [-0.39, 0.29) is 17.9 Å². The minimum atomic E-state index is -0.806. The molecule has 8 heteroatoms. The molecule has 0 radical (unpaired) electrons. The van der Waals surface area contributed by atoms with Crippen molar-refractivity contribution in [1.29, 1.82) is 0 Å². The van der Waals surface area contributed by atoms with Crippen molar-refractivity contribution >= 4 is 23.9 Å². The zero-order chi connectivity index (χ0) is 27.3. The Morgan fingerprint density at radius 1 is 1.21 bits per heavy atom. The first-order valence-electron chi connectivity index (χ1n) is 13.0. The van der Waals surface area contributed by atoms with Crippen LogP contribution in [0, 0.1) is 6.92 Å². The number of carbonyl (C=O) groups excluding carboxylic acids is 3. The van der Waals surface area contributed by atoms with Crippen LogP contribution in [0.1, 0.15) is 56.4 Å². The Bertz CT molecular complexity index is 1230. The SMILES string of the molecule is C=CCN1CC[C@@]2(c3cccc(OC(C)=O)c3)C[C@H](NC(=O)C=Cc3ccoc3C)CC[C@]2(OC(C)=O)C1. The molecule has 1 aromatic heterocycles. The van der Waals surface area contributed by atoms with E-state index >= 15 is 0 Å². The number of amides is 1. The first-order chi connectivity index (χ1) is 18.2. The topological polar surface area (TPSA) is 98.1 Å². The van der Waals surface area contributed by atoms with Crippen LogP contribution in [-0.4, -0.2) is 54.0 Å². The second-order valence-corrected chi connectivity index (χ2v) is 10.3. The molecule has 202 valence electrons. The molecule has 1 aromatic carbocycles. The minimum Gasteiger partial charge on any atom is -0.469 e. The van der Waals surface area contributed by atoms with Gasteiger partial charge in [-0.05, 0) is 69.0 Å². The van der Waals surface area contributed by atoms with E-state index in [0.717, 1.165) is 23.4 Å². The number of ether oxygens (including phenoxy) is 2. The molecule has 2 fully saturated rings. The lowest BCUT2D eigenvalue weighted by Gasteiger charge is -2.59. The number of hydrogen-bond acceptors (Lipinski definition) is 7. The molecule has 1 amide bonds. The first-order valence-corrected chi connectivity index (χ1v) is 13.0. The quantitative estimate of drug-likeness (QED) is 0.239. The number of fused-ring (bicyclic) bond motifs is 1. The van der Waals surface area contributed by atoms with Gasteiger partial charge in [-0.3, -0.25) is 19.3 Å². The van der Waals surface area contributed by atoms with Gasteiger partial charge in [-0.15, -0.1) is 6.58 Å². The summed E-state index contributed by atoms with van der Waals surface area (Å²) in [5.74, 6) is 0.255. The molecular formula is C30H36N2O6. The Morgan fingerprint density at radius 2 is 2.03 bits per heavy atom. The molecule has 38 heavy (non-hydrogen) atoms. The van der Waals surface area contributed by atoms with Crippen molar-refractivity contribution in [2.45, 2.75) is 63.5 Å².